The highest BCUT2D eigenvalue weighted by atomic mass is 32.1. The minimum absolute atomic E-state index is 0.268. The zero-order chi connectivity index (χ0) is 20.4. The normalized spacial score (nSPS) is 16.0. The smallest absolute Gasteiger partial charge is 0.319 e. The predicted octanol–water partition coefficient (Wildman–Crippen LogP) is 3.87. The van der Waals surface area contributed by atoms with Crippen LogP contribution in [0.1, 0.15) is 29.1 Å². The van der Waals surface area contributed by atoms with Crippen molar-refractivity contribution in [2.24, 2.45) is 0 Å². The van der Waals surface area contributed by atoms with E-state index in [1.54, 1.807) is 31.5 Å². The number of nitrogens with one attached hydrogen (secondary N) is 2. The molecule has 29 heavy (non-hydrogen) atoms. The summed E-state index contributed by atoms with van der Waals surface area (Å²) in [6, 6.07) is 12.4. The van der Waals surface area contributed by atoms with Gasteiger partial charge < -0.3 is 15.4 Å². The van der Waals surface area contributed by atoms with Crippen LogP contribution in [0.15, 0.2) is 53.7 Å². The summed E-state index contributed by atoms with van der Waals surface area (Å²) >= 11 is 1.50. The van der Waals surface area contributed by atoms with Crippen molar-refractivity contribution < 1.29 is 9.53 Å². The largest absolute Gasteiger partial charge is 0.481 e. The topological polar surface area (TPSA) is 99.9 Å². The summed E-state index contributed by atoms with van der Waals surface area (Å²) in [6.45, 7) is 1.86. The van der Waals surface area contributed by atoms with Gasteiger partial charge in [0.15, 0.2) is 0 Å². The molecular weight excluding hydrogens is 386 g/mol. The van der Waals surface area contributed by atoms with Crippen molar-refractivity contribution in [2.45, 2.75) is 13.0 Å². The van der Waals surface area contributed by atoms with Gasteiger partial charge in [-0.3, -0.25) is 0 Å². The fraction of sp³-hybridized carbons (Fsp3) is 0.143. The third kappa shape index (κ3) is 3.68. The first-order valence-electron chi connectivity index (χ1n) is 8.83. The summed E-state index contributed by atoms with van der Waals surface area (Å²) in [4.78, 5) is 21.1. The molecule has 0 saturated heterocycles. The molecule has 1 aromatic carbocycles. The second-order valence-corrected chi connectivity index (χ2v) is 7.29. The van der Waals surface area contributed by atoms with Crippen LogP contribution >= 0.6 is 11.3 Å². The van der Waals surface area contributed by atoms with Crippen LogP contribution in [-0.4, -0.2) is 23.1 Å². The number of allylic oxidation sites excluding steroid dienone is 1. The van der Waals surface area contributed by atoms with Crippen LogP contribution in [0.5, 0.6) is 5.88 Å². The molecule has 1 aliphatic rings. The minimum Gasteiger partial charge on any atom is -0.481 e. The number of nitriles is 1. The number of carbonyl (C=O) groups excluding carboxylic acids is 1. The Kier molecular flexibility index (Phi) is 4.97. The highest BCUT2D eigenvalue weighted by Gasteiger charge is 2.29. The number of urea groups is 1. The number of pyridine rings is 1. The number of nitrogens with zero attached hydrogens (tertiary/aromatic N) is 3. The van der Waals surface area contributed by atoms with Gasteiger partial charge in [0, 0.05) is 34.5 Å². The maximum absolute atomic E-state index is 12.1. The fourth-order valence-corrected chi connectivity index (χ4v) is 4.12. The van der Waals surface area contributed by atoms with Gasteiger partial charge in [0.1, 0.15) is 5.01 Å². The third-order valence-electron chi connectivity index (χ3n) is 4.62. The summed E-state index contributed by atoms with van der Waals surface area (Å²) < 4.78 is 5.13. The first-order chi connectivity index (χ1) is 14.1. The molecule has 4 rings (SSSR count). The molecule has 7 nitrogen and oxygen atoms in total. The van der Waals surface area contributed by atoms with E-state index in [4.69, 9.17) is 15.0 Å². The van der Waals surface area contributed by atoms with Gasteiger partial charge in [-0.15, -0.1) is 11.3 Å². The molecule has 3 aromatic rings. The van der Waals surface area contributed by atoms with Gasteiger partial charge in [-0.1, -0.05) is 12.1 Å². The Hall–Kier alpha value is -3.70. The maximum Gasteiger partial charge on any atom is 0.319 e. The molecule has 0 fully saturated rings. The second kappa shape index (κ2) is 7.73. The van der Waals surface area contributed by atoms with Gasteiger partial charge >= 0.3 is 6.03 Å². The molecule has 2 aromatic heterocycles. The summed E-state index contributed by atoms with van der Waals surface area (Å²) in [5.74, 6) is 0.508. The van der Waals surface area contributed by atoms with Crippen LogP contribution in [0.3, 0.4) is 0 Å². The zero-order valence-electron chi connectivity index (χ0n) is 15.8. The lowest BCUT2D eigenvalue weighted by Crippen LogP contribution is -2.42. The summed E-state index contributed by atoms with van der Waals surface area (Å²) in [5.41, 5.74) is 4.83. The van der Waals surface area contributed by atoms with E-state index >= 15 is 0 Å². The maximum atomic E-state index is 12.1. The highest BCUT2D eigenvalue weighted by molar-refractivity contribution is 7.11. The fourth-order valence-electron chi connectivity index (χ4n) is 3.16. The second-order valence-electron chi connectivity index (χ2n) is 6.43. The van der Waals surface area contributed by atoms with Crippen LogP contribution in [0.2, 0.25) is 0 Å². The van der Waals surface area contributed by atoms with Crippen molar-refractivity contribution in [1.82, 2.24) is 20.6 Å². The average Bonchev–Trinajstić information content (AvgIpc) is 3.23. The van der Waals surface area contributed by atoms with E-state index in [1.807, 2.05) is 30.5 Å². The first kappa shape index (κ1) is 18.7. The Balaban J connectivity index is 1.72. The number of hydrogen-bond donors (Lipinski definition) is 2. The molecule has 1 unspecified atom stereocenters. The number of carbonyl (C=O) groups is 1. The predicted molar refractivity (Wildman–Crippen MR) is 110 cm³/mol. The Morgan fingerprint density at radius 1 is 1.21 bits per heavy atom. The lowest BCUT2D eigenvalue weighted by molar-refractivity contribution is 0.240. The van der Waals surface area contributed by atoms with Gasteiger partial charge in [-0.25, -0.2) is 14.8 Å². The Bertz CT molecular complexity index is 1130. The SMILES string of the molecule is COc1ccc(C2NC(=O)NC(C)=C2c2nc(-c3ccc(C#N)cc3)cs2)cn1. The molecule has 1 atom stereocenters. The lowest BCUT2D eigenvalue weighted by Gasteiger charge is -2.28. The van der Waals surface area contributed by atoms with Crippen molar-refractivity contribution in [3.63, 3.8) is 0 Å². The molecule has 1 aliphatic heterocycles. The number of hydrogen-bond acceptors (Lipinski definition) is 6. The Morgan fingerprint density at radius 2 is 2.00 bits per heavy atom. The van der Waals surface area contributed by atoms with Crippen molar-refractivity contribution in [3.05, 3.63) is 69.8 Å². The number of ether oxygens (including phenoxy) is 1. The molecule has 2 amide bonds. The molecule has 3 heterocycles. The van der Waals surface area contributed by atoms with E-state index in [2.05, 4.69) is 21.7 Å². The number of benzene rings is 1. The van der Waals surface area contributed by atoms with Crippen LogP contribution < -0.4 is 15.4 Å². The van der Waals surface area contributed by atoms with Crippen molar-refractivity contribution >= 4 is 22.9 Å². The Morgan fingerprint density at radius 3 is 2.66 bits per heavy atom. The quantitative estimate of drug-likeness (QED) is 0.689. The van der Waals surface area contributed by atoms with E-state index in [9.17, 15) is 4.79 Å². The summed E-state index contributed by atoms with van der Waals surface area (Å²) in [7, 11) is 1.56. The number of amides is 2. The van der Waals surface area contributed by atoms with E-state index < -0.39 is 0 Å². The van der Waals surface area contributed by atoms with Gasteiger partial charge in [-0.05, 0) is 30.7 Å². The minimum atomic E-state index is -0.373. The Labute approximate surface area is 171 Å². The molecule has 0 spiro atoms. The van der Waals surface area contributed by atoms with Gasteiger partial charge in [0.25, 0.3) is 0 Å². The molecule has 0 bridgehead atoms. The average molecular weight is 403 g/mol. The number of aromatic nitrogens is 2. The van der Waals surface area contributed by atoms with E-state index in [0.717, 1.165) is 33.1 Å². The molecule has 0 aliphatic carbocycles. The molecule has 2 N–H and O–H groups in total. The number of rotatable bonds is 4. The van der Waals surface area contributed by atoms with E-state index in [0.29, 0.717) is 11.4 Å². The van der Waals surface area contributed by atoms with Gasteiger partial charge in [-0.2, -0.15) is 5.26 Å². The molecule has 0 saturated carbocycles. The van der Waals surface area contributed by atoms with Crippen LogP contribution in [0.4, 0.5) is 4.79 Å². The summed E-state index contributed by atoms with van der Waals surface area (Å²) in [5, 5.41) is 17.5. The van der Waals surface area contributed by atoms with Crippen LogP contribution in [-0.2, 0) is 0 Å². The van der Waals surface area contributed by atoms with Gasteiger partial charge in [0.05, 0.1) is 30.5 Å². The van der Waals surface area contributed by atoms with E-state index in [1.165, 1.54) is 11.3 Å². The lowest BCUT2D eigenvalue weighted by atomic mass is 9.97. The third-order valence-corrected chi connectivity index (χ3v) is 5.49. The zero-order valence-corrected chi connectivity index (χ0v) is 16.6. The molecule has 8 heteroatoms. The van der Waals surface area contributed by atoms with Crippen LogP contribution in [0, 0.1) is 11.3 Å². The standard InChI is InChI=1S/C21H17N5O2S/c1-12-18(19(26-21(27)24-12)15-7-8-17(28-2)23-10-15)20-25-16(11-29-20)14-5-3-13(9-22)4-6-14/h3-8,10-11,19H,1-2H3,(H2,24,26,27). The van der Waals surface area contributed by atoms with Crippen molar-refractivity contribution in [2.75, 3.05) is 7.11 Å². The monoisotopic (exact) mass is 403 g/mol. The first-order valence-corrected chi connectivity index (χ1v) is 9.71. The number of methoxy groups -OCH3 is 1. The number of thiazole rings is 1. The molecule has 0 radical (unpaired) electrons. The highest BCUT2D eigenvalue weighted by Crippen LogP contribution is 2.37. The molecular formula is C21H17N5O2S. The summed E-state index contributed by atoms with van der Waals surface area (Å²) in [6.07, 6.45) is 1.69. The van der Waals surface area contributed by atoms with Gasteiger partial charge in [0.2, 0.25) is 5.88 Å². The van der Waals surface area contributed by atoms with Crippen molar-refractivity contribution in [1.29, 1.82) is 5.26 Å². The van der Waals surface area contributed by atoms with Crippen molar-refractivity contribution in [3.8, 4) is 23.2 Å². The van der Waals surface area contributed by atoms with Crippen LogP contribution in [0.25, 0.3) is 16.8 Å². The van der Waals surface area contributed by atoms with E-state index in [-0.39, 0.29) is 12.1 Å². The molecule has 144 valence electrons.